The zero-order valence-electron chi connectivity index (χ0n) is 24.4. The van der Waals surface area contributed by atoms with E-state index in [0.717, 1.165) is 36.4 Å². The molecule has 0 bridgehead atoms. The first-order chi connectivity index (χ1) is 20.4. The normalized spacial score (nSPS) is 16.8. The number of hydrogen-bond acceptors (Lipinski definition) is 6. The molecule has 42 heavy (non-hydrogen) atoms. The van der Waals surface area contributed by atoms with E-state index >= 15 is 0 Å². The van der Waals surface area contributed by atoms with Gasteiger partial charge in [0.05, 0.1) is 24.0 Å². The summed E-state index contributed by atoms with van der Waals surface area (Å²) < 4.78 is 7.03. The van der Waals surface area contributed by atoms with Crippen LogP contribution in [0.3, 0.4) is 0 Å². The Morgan fingerprint density at radius 1 is 1.00 bits per heavy atom. The van der Waals surface area contributed by atoms with E-state index < -0.39 is 0 Å². The summed E-state index contributed by atoms with van der Waals surface area (Å²) >= 11 is 0. The smallest absolute Gasteiger partial charge is 0.320 e. The second-order valence-electron chi connectivity index (χ2n) is 10.7. The number of para-hydroxylation sites is 1. The molecule has 3 heterocycles. The second-order valence-corrected chi connectivity index (χ2v) is 10.7. The van der Waals surface area contributed by atoms with Crippen molar-refractivity contribution in [3.8, 4) is 16.9 Å². The molecular weight excluding hydrogens is 530 g/mol. The molecule has 2 aromatic carbocycles. The van der Waals surface area contributed by atoms with Gasteiger partial charge in [-0.1, -0.05) is 48.5 Å². The Morgan fingerprint density at radius 3 is 2.36 bits per heavy atom. The lowest BCUT2D eigenvalue weighted by molar-refractivity contribution is 0.0822. The summed E-state index contributed by atoms with van der Waals surface area (Å²) in [5.41, 5.74) is 4.55. The maximum absolute atomic E-state index is 13.6. The van der Waals surface area contributed by atoms with Gasteiger partial charge in [-0.2, -0.15) is 5.10 Å². The predicted molar refractivity (Wildman–Crippen MR) is 163 cm³/mol. The molecule has 0 saturated carbocycles. The number of aromatic nitrogens is 3. The molecule has 0 radical (unpaired) electrons. The fraction of sp³-hybridized carbons (Fsp3) is 0.312. The minimum atomic E-state index is -0.300. The largest absolute Gasteiger partial charge is 0.383 e. The molecule has 1 aliphatic rings. The van der Waals surface area contributed by atoms with Gasteiger partial charge in [-0.25, -0.2) is 9.48 Å². The number of hydrogen-bond donors (Lipinski definition) is 2. The summed E-state index contributed by atoms with van der Waals surface area (Å²) in [7, 11) is 5.09. The van der Waals surface area contributed by atoms with Crippen molar-refractivity contribution < 1.29 is 14.3 Å². The Bertz CT molecular complexity index is 1500. The van der Waals surface area contributed by atoms with Crippen LogP contribution in [-0.2, 0) is 4.74 Å². The van der Waals surface area contributed by atoms with Crippen LogP contribution >= 0.6 is 0 Å². The van der Waals surface area contributed by atoms with Gasteiger partial charge in [0.15, 0.2) is 0 Å². The molecule has 218 valence electrons. The molecule has 1 fully saturated rings. The number of urea groups is 1. The van der Waals surface area contributed by atoms with Gasteiger partial charge in [0, 0.05) is 64.1 Å². The van der Waals surface area contributed by atoms with Crippen LogP contribution in [0, 0.1) is 6.92 Å². The number of carbonyl (C=O) groups excluding carboxylic acids is 2. The van der Waals surface area contributed by atoms with Crippen LogP contribution in [0.5, 0.6) is 0 Å². The van der Waals surface area contributed by atoms with E-state index in [2.05, 4.69) is 32.7 Å². The van der Waals surface area contributed by atoms with E-state index in [-0.39, 0.29) is 23.9 Å². The van der Waals surface area contributed by atoms with E-state index in [1.807, 2.05) is 61.5 Å². The van der Waals surface area contributed by atoms with Gasteiger partial charge >= 0.3 is 6.03 Å². The minimum absolute atomic E-state index is 0.0805. The van der Waals surface area contributed by atoms with Crippen LogP contribution in [0.25, 0.3) is 16.9 Å². The molecule has 0 aliphatic carbocycles. The van der Waals surface area contributed by atoms with Crippen molar-refractivity contribution in [1.82, 2.24) is 29.9 Å². The van der Waals surface area contributed by atoms with Gasteiger partial charge in [-0.05, 0) is 36.8 Å². The van der Waals surface area contributed by atoms with E-state index in [0.29, 0.717) is 23.8 Å². The Kier molecular flexibility index (Phi) is 8.94. The third kappa shape index (κ3) is 6.35. The van der Waals surface area contributed by atoms with Crippen molar-refractivity contribution in [3.63, 3.8) is 0 Å². The fourth-order valence-corrected chi connectivity index (χ4v) is 5.35. The van der Waals surface area contributed by atoms with Crippen LogP contribution in [0.15, 0.2) is 79.0 Å². The van der Waals surface area contributed by atoms with Crippen molar-refractivity contribution in [2.45, 2.75) is 18.9 Å². The molecule has 5 rings (SSSR count). The number of amides is 3. The number of likely N-dealkylation sites (tertiary alicyclic amines) is 1. The molecule has 4 aromatic rings. The number of carbonyl (C=O) groups is 2. The Balaban J connectivity index is 1.42. The first kappa shape index (κ1) is 29.0. The fourth-order valence-electron chi connectivity index (χ4n) is 5.35. The van der Waals surface area contributed by atoms with E-state index in [1.165, 1.54) is 10.5 Å². The lowest BCUT2D eigenvalue weighted by Gasteiger charge is -2.21. The number of methoxy groups -OCH3 is 1. The number of nitrogens with one attached hydrogen (secondary N) is 2. The molecule has 2 aromatic heterocycles. The van der Waals surface area contributed by atoms with Crippen LogP contribution in [0.4, 0.5) is 10.6 Å². The minimum Gasteiger partial charge on any atom is -0.383 e. The molecule has 0 unspecified atom stereocenters. The highest BCUT2D eigenvalue weighted by Crippen LogP contribution is 2.31. The molecule has 1 saturated heterocycles. The van der Waals surface area contributed by atoms with Crippen molar-refractivity contribution in [2.24, 2.45) is 0 Å². The maximum Gasteiger partial charge on any atom is 0.320 e. The van der Waals surface area contributed by atoms with Crippen molar-refractivity contribution in [1.29, 1.82) is 0 Å². The Hall–Kier alpha value is -4.54. The first-order valence-corrected chi connectivity index (χ1v) is 14.0. The topological polar surface area (TPSA) is 105 Å². The number of ether oxygens (including phenoxy) is 1. The summed E-state index contributed by atoms with van der Waals surface area (Å²) in [5, 5.41) is 11.2. The lowest BCUT2D eigenvalue weighted by atomic mass is 9.94. The monoisotopic (exact) mass is 567 g/mol. The number of anilines is 1. The number of benzene rings is 2. The zero-order valence-corrected chi connectivity index (χ0v) is 24.4. The number of rotatable bonds is 9. The van der Waals surface area contributed by atoms with Crippen LogP contribution in [0.1, 0.15) is 27.5 Å². The summed E-state index contributed by atoms with van der Waals surface area (Å²) in [5.74, 6) is 0.542. The quantitative estimate of drug-likeness (QED) is 0.315. The van der Waals surface area contributed by atoms with E-state index in [4.69, 9.17) is 9.84 Å². The highest BCUT2D eigenvalue weighted by molar-refractivity contribution is 5.93. The highest BCUT2D eigenvalue weighted by Gasteiger charge is 2.35. The van der Waals surface area contributed by atoms with Gasteiger partial charge in [-0.15, -0.1) is 0 Å². The first-order valence-electron chi connectivity index (χ1n) is 14.0. The molecule has 3 amide bonds. The molecular formula is C32H37N7O3. The molecule has 10 heteroatoms. The predicted octanol–water partition coefficient (Wildman–Crippen LogP) is 4.18. The van der Waals surface area contributed by atoms with Crippen molar-refractivity contribution in [3.05, 3.63) is 95.8 Å². The molecule has 2 atom stereocenters. The standard InChI is InChI=1S/C32H37N7O3/c1-22-29(24-15-16-27(33-19-24)31(40)37(2)3)36-39(25-13-9-6-10-14-25)30(22)35-32(41)34-28-21-38(17-18-42-4)20-26(28)23-11-7-5-8-12-23/h5-16,19,26,28H,17-18,20-21H2,1-4H3,(H2,34,35,41)/t26-,28+/m0/s1. The van der Waals surface area contributed by atoms with Gasteiger partial charge in [0.2, 0.25) is 0 Å². The van der Waals surface area contributed by atoms with Gasteiger partial charge in [-0.3, -0.25) is 20.0 Å². The molecule has 10 nitrogen and oxygen atoms in total. The highest BCUT2D eigenvalue weighted by atomic mass is 16.5. The Morgan fingerprint density at radius 2 is 1.71 bits per heavy atom. The number of nitrogens with zero attached hydrogens (tertiary/aromatic N) is 5. The van der Waals surface area contributed by atoms with Crippen molar-refractivity contribution >= 4 is 17.8 Å². The van der Waals surface area contributed by atoms with Gasteiger partial charge in [0.1, 0.15) is 11.5 Å². The van der Waals surface area contributed by atoms with E-state index in [9.17, 15) is 9.59 Å². The SMILES string of the molecule is COCCN1C[C@@H](NC(=O)Nc2c(C)c(-c3ccc(C(=O)N(C)C)nc3)nn2-c2ccccc2)[C@H](c2ccccc2)C1. The van der Waals surface area contributed by atoms with Crippen LogP contribution < -0.4 is 10.6 Å². The summed E-state index contributed by atoms with van der Waals surface area (Å²) in [6, 6.07) is 23.1. The molecule has 2 N–H and O–H groups in total. The van der Waals surface area contributed by atoms with Gasteiger partial charge < -0.3 is 15.0 Å². The van der Waals surface area contributed by atoms with Crippen LogP contribution in [0.2, 0.25) is 0 Å². The summed E-state index contributed by atoms with van der Waals surface area (Å²) in [6.45, 7) is 4.92. The average molecular weight is 568 g/mol. The lowest BCUT2D eigenvalue weighted by Crippen LogP contribution is -2.42. The average Bonchev–Trinajstić information content (AvgIpc) is 3.56. The molecule has 1 aliphatic heterocycles. The molecule has 0 spiro atoms. The number of pyridine rings is 1. The zero-order chi connectivity index (χ0) is 29.6. The van der Waals surface area contributed by atoms with E-state index in [1.54, 1.807) is 38.2 Å². The third-order valence-electron chi connectivity index (χ3n) is 7.57. The Labute approximate surface area is 246 Å². The summed E-state index contributed by atoms with van der Waals surface area (Å²) in [6.07, 6.45) is 1.64. The summed E-state index contributed by atoms with van der Waals surface area (Å²) in [4.78, 5) is 34.1. The van der Waals surface area contributed by atoms with Crippen LogP contribution in [-0.4, -0.2) is 90.0 Å². The second kappa shape index (κ2) is 13.0. The van der Waals surface area contributed by atoms with Gasteiger partial charge in [0.25, 0.3) is 5.91 Å². The third-order valence-corrected chi connectivity index (χ3v) is 7.57. The van der Waals surface area contributed by atoms with Crippen molar-refractivity contribution in [2.75, 3.05) is 52.8 Å². The maximum atomic E-state index is 13.6.